The average molecular weight is 587 g/mol. The van der Waals surface area contributed by atoms with E-state index in [2.05, 4.69) is 21.2 Å². The van der Waals surface area contributed by atoms with Gasteiger partial charge in [0.1, 0.15) is 12.6 Å². The number of halogens is 1. The molecule has 2 amide bonds. The normalized spacial score (nSPS) is 12.2. The largest absolute Gasteiger partial charge is 0.352 e. The summed E-state index contributed by atoms with van der Waals surface area (Å²) in [5, 5.41) is 2.85. The quantitative estimate of drug-likeness (QED) is 0.367. The van der Waals surface area contributed by atoms with Gasteiger partial charge in [-0.25, -0.2) is 8.42 Å². The molecule has 0 aliphatic rings. The van der Waals surface area contributed by atoms with Crippen LogP contribution in [0.3, 0.4) is 0 Å². The van der Waals surface area contributed by atoms with Gasteiger partial charge in [0, 0.05) is 17.1 Å². The molecule has 0 aliphatic carbocycles. The maximum Gasteiger partial charge on any atom is 0.264 e. The molecule has 0 aliphatic heterocycles. The monoisotopic (exact) mass is 585 g/mol. The minimum Gasteiger partial charge on any atom is -0.352 e. The van der Waals surface area contributed by atoms with Crippen molar-refractivity contribution in [3.05, 3.63) is 94.5 Å². The van der Waals surface area contributed by atoms with Crippen LogP contribution in [0.15, 0.2) is 88.2 Å². The Hall–Kier alpha value is -3.17. The van der Waals surface area contributed by atoms with Crippen LogP contribution in [0.2, 0.25) is 0 Å². The van der Waals surface area contributed by atoms with Crippen LogP contribution in [0.4, 0.5) is 5.69 Å². The van der Waals surface area contributed by atoms with E-state index >= 15 is 0 Å². The first-order valence-electron chi connectivity index (χ1n) is 12.0. The van der Waals surface area contributed by atoms with Crippen molar-refractivity contribution in [1.29, 1.82) is 0 Å². The van der Waals surface area contributed by atoms with Gasteiger partial charge in [0.15, 0.2) is 0 Å². The number of carbonyl (C=O) groups excluding carboxylic acids is 2. The number of amides is 2. The number of anilines is 1. The SMILES string of the molecule is Cc1ccc(S(=O)(=O)N(CC(=O)N(Cc2ccc(Br)cc2)[C@H](C)C(=O)NC(C)C)c2ccccc2)cc1. The van der Waals surface area contributed by atoms with E-state index < -0.39 is 28.5 Å². The molecule has 0 heterocycles. The predicted molar refractivity (Wildman–Crippen MR) is 150 cm³/mol. The van der Waals surface area contributed by atoms with Crippen molar-refractivity contribution in [2.75, 3.05) is 10.8 Å². The van der Waals surface area contributed by atoms with Crippen LogP contribution < -0.4 is 9.62 Å². The number of benzene rings is 3. The number of sulfonamides is 1. The molecule has 0 radical (unpaired) electrons. The highest BCUT2D eigenvalue weighted by Crippen LogP contribution is 2.25. The Kier molecular flexibility index (Phi) is 9.50. The van der Waals surface area contributed by atoms with Gasteiger partial charge in [0.2, 0.25) is 11.8 Å². The molecule has 3 aromatic rings. The van der Waals surface area contributed by atoms with Gasteiger partial charge in [0.05, 0.1) is 10.6 Å². The van der Waals surface area contributed by atoms with Crippen molar-refractivity contribution >= 4 is 43.5 Å². The summed E-state index contributed by atoms with van der Waals surface area (Å²) in [4.78, 5) is 28.2. The van der Waals surface area contributed by atoms with Crippen molar-refractivity contribution in [2.24, 2.45) is 0 Å². The van der Waals surface area contributed by atoms with E-state index in [-0.39, 0.29) is 23.4 Å². The third-order valence-electron chi connectivity index (χ3n) is 5.80. The van der Waals surface area contributed by atoms with E-state index in [1.807, 2.05) is 45.0 Å². The van der Waals surface area contributed by atoms with Crippen molar-refractivity contribution in [1.82, 2.24) is 10.2 Å². The summed E-state index contributed by atoms with van der Waals surface area (Å²) in [6.45, 7) is 6.89. The van der Waals surface area contributed by atoms with E-state index in [1.54, 1.807) is 49.4 Å². The second-order valence-corrected chi connectivity index (χ2v) is 11.9. The second-order valence-electron chi connectivity index (χ2n) is 9.15. The third kappa shape index (κ3) is 7.42. The van der Waals surface area contributed by atoms with Gasteiger partial charge in [-0.3, -0.25) is 13.9 Å². The number of rotatable bonds is 10. The number of aryl methyl sites for hydroxylation is 1. The molecule has 37 heavy (non-hydrogen) atoms. The van der Waals surface area contributed by atoms with Gasteiger partial charge in [-0.15, -0.1) is 0 Å². The maximum absolute atomic E-state index is 13.8. The Labute approximate surface area is 227 Å². The molecule has 1 atom stereocenters. The van der Waals surface area contributed by atoms with E-state index in [1.165, 1.54) is 17.0 Å². The maximum atomic E-state index is 13.8. The summed E-state index contributed by atoms with van der Waals surface area (Å²) in [5.74, 6) is -0.804. The molecule has 0 spiro atoms. The van der Waals surface area contributed by atoms with E-state index in [4.69, 9.17) is 0 Å². The average Bonchev–Trinajstić information content (AvgIpc) is 2.86. The minimum atomic E-state index is -4.06. The molecular weight excluding hydrogens is 554 g/mol. The number of nitrogens with zero attached hydrogens (tertiary/aromatic N) is 2. The summed E-state index contributed by atoms with van der Waals surface area (Å²) in [5.41, 5.74) is 2.10. The van der Waals surface area contributed by atoms with Crippen LogP contribution in [-0.4, -0.2) is 43.8 Å². The lowest BCUT2D eigenvalue weighted by Gasteiger charge is -2.32. The highest BCUT2D eigenvalue weighted by atomic mass is 79.9. The van der Waals surface area contributed by atoms with Crippen molar-refractivity contribution < 1.29 is 18.0 Å². The Morgan fingerprint density at radius 2 is 1.49 bits per heavy atom. The summed E-state index contributed by atoms with van der Waals surface area (Å²) in [6, 6.07) is 21.5. The fourth-order valence-electron chi connectivity index (χ4n) is 3.73. The van der Waals surface area contributed by atoms with Gasteiger partial charge in [-0.2, -0.15) is 0 Å². The Balaban J connectivity index is 1.99. The van der Waals surface area contributed by atoms with Gasteiger partial charge < -0.3 is 10.2 Å². The van der Waals surface area contributed by atoms with Crippen LogP contribution in [0.5, 0.6) is 0 Å². The van der Waals surface area contributed by atoms with Gasteiger partial charge >= 0.3 is 0 Å². The molecule has 1 N–H and O–H groups in total. The van der Waals surface area contributed by atoms with Gasteiger partial charge in [-0.1, -0.05) is 64.0 Å². The first-order chi connectivity index (χ1) is 17.5. The smallest absolute Gasteiger partial charge is 0.264 e. The van der Waals surface area contributed by atoms with Crippen LogP contribution in [0.25, 0.3) is 0 Å². The molecule has 7 nitrogen and oxygen atoms in total. The molecule has 0 saturated carbocycles. The lowest BCUT2D eigenvalue weighted by molar-refractivity contribution is -0.139. The minimum absolute atomic E-state index is 0.0832. The molecule has 3 rings (SSSR count). The van der Waals surface area contributed by atoms with Crippen LogP contribution in [0.1, 0.15) is 31.9 Å². The lowest BCUT2D eigenvalue weighted by Crippen LogP contribution is -2.52. The molecule has 3 aromatic carbocycles. The van der Waals surface area contributed by atoms with Crippen molar-refractivity contribution in [3.63, 3.8) is 0 Å². The first-order valence-corrected chi connectivity index (χ1v) is 14.2. The number of nitrogens with one attached hydrogen (secondary N) is 1. The Bertz CT molecular complexity index is 1310. The third-order valence-corrected chi connectivity index (χ3v) is 8.11. The van der Waals surface area contributed by atoms with Gasteiger partial charge in [0.25, 0.3) is 10.0 Å². The number of hydrogen-bond donors (Lipinski definition) is 1. The van der Waals surface area contributed by atoms with Crippen LogP contribution in [-0.2, 0) is 26.2 Å². The highest BCUT2D eigenvalue weighted by Gasteiger charge is 2.32. The topological polar surface area (TPSA) is 86.8 Å². The van der Waals surface area contributed by atoms with E-state index in [0.717, 1.165) is 19.9 Å². The standard InChI is InChI=1S/C28H32BrN3O4S/c1-20(2)30-28(34)22(4)31(18-23-12-14-24(29)15-13-23)27(33)19-32(25-8-6-5-7-9-25)37(35,36)26-16-10-21(3)11-17-26/h5-17,20,22H,18-19H2,1-4H3,(H,30,34)/t22-/m1/s1. The van der Waals surface area contributed by atoms with E-state index in [0.29, 0.717) is 5.69 Å². The lowest BCUT2D eigenvalue weighted by atomic mass is 10.1. The fraction of sp³-hybridized carbons (Fsp3) is 0.286. The molecule has 0 fully saturated rings. The molecule has 0 unspecified atom stereocenters. The zero-order valence-electron chi connectivity index (χ0n) is 21.4. The Morgan fingerprint density at radius 3 is 2.05 bits per heavy atom. The van der Waals surface area contributed by atoms with Crippen LogP contribution >= 0.6 is 15.9 Å². The highest BCUT2D eigenvalue weighted by molar-refractivity contribution is 9.10. The molecule has 0 saturated heterocycles. The molecule has 9 heteroatoms. The number of carbonyl (C=O) groups is 2. The fourth-order valence-corrected chi connectivity index (χ4v) is 5.41. The molecule has 0 bridgehead atoms. The summed E-state index contributed by atoms with van der Waals surface area (Å²) >= 11 is 3.41. The van der Waals surface area contributed by atoms with E-state index in [9.17, 15) is 18.0 Å². The van der Waals surface area contributed by atoms with Gasteiger partial charge in [-0.05, 0) is 69.7 Å². The summed E-state index contributed by atoms with van der Waals surface area (Å²) in [7, 11) is -4.06. The zero-order valence-corrected chi connectivity index (χ0v) is 23.8. The predicted octanol–water partition coefficient (Wildman–Crippen LogP) is 4.89. The Morgan fingerprint density at radius 1 is 0.892 bits per heavy atom. The number of hydrogen-bond acceptors (Lipinski definition) is 4. The summed E-state index contributed by atoms with van der Waals surface area (Å²) in [6.07, 6.45) is 0. The number of para-hydroxylation sites is 1. The summed E-state index contributed by atoms with van der Waals surface area (Å²) < 4.78 is 29.4. The molecule has 196 valence electrons. The molecule has 0 aromatic heterocycles. The van der Waals surface area contributed by atoms with Crippen molar-refractivity contribution in [3.8, 4) is 0 Å². The first kappa shape index (κ1) is 28.4. The van der Waals surface area contributed by atoms with Crippen molar-refractivity contribution in [2.45, 2.75) is 51.2 Å². The molecular formula is C28H32BrN3O4S. The zero-order chi connectivity index (χ0) is 27.2. The second kappa shape index (κ2) is 12.4. The van der Waals surface area contributed by atoms with Crippen LogP contribution in [0, 0.1) is 6.92 Å².